The zero-order valence-corrected chi connectivity index (χ0v) is 17.1. The number of halogens is 1. The molecule has 144 valence electrons. The van der Waals surface area contributed by atoms with Gasteiger partial charge in [-0.3, -0.25) is 0 Å². The molecule has 5 heteroatoms. The lowest BCUT2D eigenvalue weighted by atomic mass is 10.0. The van der Waals surface area contributed by atoms with E-state index >= 15 is 0 Å². The predicted octanol–water partition coefficient (Wildman–Crippen LogP) is 6.52. The van der Waals surface area contributed by atoms with Crippen molar-refractivity contribution in [3.05, 3.63) is 88.9 Å². The van der Waals surface area contributed by atoms with Gasteiger partial charge in [0.05, 0.1) is 17.4 Å². The predicted molar refractivity (Wildman–Crippen MR) is 122 cm³/mol. The van der Waals surface area contributed by atoms with E-state index in [1.54, 1.807) is 6.21 Å². The van der Waals surface area contributed by atoms with Gasteiger partial charge >= 0.3 is 0 Å². The van der Waals surface area contributed by atoms with Crippen molar-refractivity contribution in [1.29, 1.82) is 0 Å². The van der Waals surface area contributed by atoms with Gasteiger partial charge in [-0.05, 0) is 35.2 Å². The molecular weight excluding hydrogens is 380 g/mol. The van der Waals surface area contributed by atoms with Gasteiger partial charge in [0.25, 0.3) is 0 Å². The van der Waals surface area contributed by atoms with E-state index in [9.17, 15) is 0 Å². The average Bonchev–Trinajstić information content (AvgIpc) is 2.74. The molecule has 29 heavy (non-hydrogen) atoms. The molecule has 0 aliphatic carbocycles. The molecule has 0 radical (unpaired) electrons. The number of anilines is 1. The van der Waals surface area contributed by atoms with E-state index in [2.05, 4.69) is 58.6 Å². The first kappa shape index (κ1) is 19.1. The van der Waals surface area contributed by atoms with E-state index in [4.69, 9.17) is 11.6 Å². The summed E-state index contributed by atoms with van der Waals surface area (Å²) in [5, 5.41) is 5.88. The zero-order valence-electron chi connectivity index (χ0n) is 16.3. The molecule has 4 rings (SSSR count). The molecule has 0 unspecified atom stereocenters. The summed E-state index contributed by atoms with van der Waals surface area (Å²) in [6, 6.07) is 24.0. The van der Waals surface area contributed by atoms with E-state index in [0.29, 0.717) is 16.9 Å². The molecule has 0 amide bonds. The van der Waals surface area contributed by atoms with Gasteiger partial charge in [-0.2, -0.15) is 5.10 Å². The molecule has 0 spiro atoms. The molecule has 4 nitrogen and oxygen atoms in total. The Morgan fingerprint density at radius 2 is 1.69 bits per heavy atom. The fraction of sp³-hybridized carbons (Fsp3) is 0.125. The summed E-state index contributed by atoms with van der Waals surface area (Å²) in [4.78, 5) is 9.26. The highest BCUT2D eigenvalue weighted by atomic mass is 35.5. The molecule has 1 aromatic heterocycles. The van der Waals surface area contributed by atoms with E-state index in [-0.39, 0.29) is 0 Å². The Morgan fingerprint density at radius 1 is 0.931 bits per heavy atom. The van der Waals surface area contributed by atoms with Gasteiger partial charge < -0.3 is 0 Å². The minimum absolute atomic E-state index is 0.439. The summed E-state index contributed by atoms with van der Waals surface area (Å²) in [5.74, 6) is 0.948. The molecule has 3 aromatic carbocycles. The van der Waals surface area contributed by atoms with Crippen LogP contribution in [-0.4, -0.2) is 16.2 Å². The topological polar surface area (TPSA) is 50.2 Å². The largest absolute Gasteiger partial charge is 0.245 e. The highest BCUT2D eigenvalue weighted by Crippen LogP contribution is 2.29. The second-order valence-electron chi connectivity index (χ2n) is 7.11. The van der Waals surface area contributed by atoms with Crippen molar-refractivity contribution in [2.45, 2.75) is 19.8 Å². The third-order valence-corrected chi connectivity index (χ3v) is 4.92. The van der Waals surface area contributed by atoms with Crippen LogP contribution >= 0.6 is 11.6 Å². The number of nitrogens with zero attached hydrogens (tertiary/aromatic N) is 3. The number of hydrogen-bond donors (Lipinski definition) is 1. The molecule has 0 saturated heterocycles. The van der Waals surface area contributed by atoms with Crippen LogP contribution in [0.15, 0.2) is 77.9 Å². The maximum atomic E-state index is 6.21. The van der Waals surface area contributed by atoms with Crippen molar-refractivity contribution < 1.29 is 0 Å². The van der Waals surface area contributed by atoms with Crippen LogP contribution in [0.2, 0.25) is 5.02 Å². The Hall–Kier alpha value is -3.24. The lowest BCUT2D eigenvalue weighted by Crippen LogP contribution is -2.00. The van der Waals surface area contributed by atoms with Crippen molar-refractivity contribution >= 4 is 34.7 Å². The smallest absolute Gasteiger partial charge is 0.244 e. The number of rotatable bonds is 5. The Morgan fingerprint density at radius 3 is 2.41 bits per heavy atom. The van der Waals surface area contributed by atoms with Crippen LogP contribution < -0.4 is 5.43 Å². The van der Waals surface area contributed by atoms with E-state index in [1.807, 2.05) is 48.5 Å². The van der Waals surface area contributed by atoms with Gasteiger partial charge in [-0.15, -0.1) is 0 Å². The molecule has 0 saturated carbocycles. The van der Waals surface area contributed by atoms with Crippen molar-refractivity contribution in [2.75, 3.05) is 5.43 Å². The Bertz CT molecular complexity index is 1150. The summed E-state index contributed by atoms with van der Waals surface area (Å²) >= 11 is 6.21. The van der Waals surface area contributed by atoms with Crippen LogP contribution in [-0.2, 0) is 0 Å². The molecule has 0 fully saturated rings. The van der Waals surface area contributed by atoms with Gasteiger partial charge in [0.15, 0.2) is 0 Å². The summed E-state index contributed by atoms with van der Waals surface area (Å²) in [7, 11) is 0. The third kappa shape index (κ3) is 4.44. The standard InChI is InChI=1S/C24H21ClN4/c1-16(2)18-10-8-17(9-11-18)15-26-29-24-27-22-13-12-20(25)14-21(22)23(28-24)19-6-4-3-5-7-19/h3-16H,1-2H3,(H,27,28,29)/b26-15+. The monoisotopic (exact) mass is 400 g/mol. The second kappa shape index (κ2) is 8.41. The lowest BCUT2D eigenvalue weighted by molar-refractivity contribution is 0.866. The first-order valence-corrected chi connectivity index (χ1v) is 9.90. The molecule has 0 atom stereocenters. The number of fused-ring (bicyclic) bond motifs is 1. The van der Waals surface area contributed by atoms with E-state index < -0.39 is 0 Å². The summed E-state index contributed by atoms with van der Waals surface area (Å²) in [6.07, 6.45) is 1.77. The lowest BCUT2D eigenvalue weighted by Gasteiger charge is -2.09. The molecule has 0 bridgehead atoms. The summed E-state index contributed by atoms with van der Waals surface area (Å²) in [6.45, 7) is 4.36. The summed E-state index contributed by atoms with van der Waals surface area (Å²) in [5.41, 5.74) is 7.90. The van der Waals surface area contributed by atoms with E-state index in [0.717, 1.165) is 27.7 Å². The van der Waals surface area contributed by atoms with Crippen molar-refractivity contribution in [1.82, 2.24) is 9.97 Å². The normalized spacial score (nSPS) is 11.4. The van der Waals surface area contributed by atoms with Crippen molar-refractivity contribution in [3.8, 4) is 11.3 Å². The van der Waals surface area contributed by atoms with Gasteiger partial charge in [0.1, 0.15) is 0 Å². The highest BCUT2D eigenvalue weighted by Gasteiger charge is 2.10. The molecule has 0 aliphatic rings. The maximum Gasteiger partial charge on any atom is 0.244 e. The Kier molecular flexibility index (Phi) is 5.54. The quantitative estimate of drug-likeness (QED) is 0.306. The SMILES string of the molecule is CC(C)c1ccc(/C=N/Nc2nc(-c3ccccc3)c3cc(Cl)ccc3n2)cc1. The fourth-order valence-electron chi connectivity index (χ4n) is 3.10. The second-order valence-corrected chi connectivity index (χ2v) is 7.55. The molecular formula is C24H21ClN4. The fourth-order valence-corrected chi connectivity index (χ4v) is 3.27. The van der Waals surface area contributed by atoms with Crippen molar-refractivity contribution in [3.63, 3.8) is 0 Å². The minimum Gasteiger partial charge on any atom is -0.245 e. The Balaban J connectivity index is 1.65. The van der Waals surface area contributed by atoms with Crippen LogP contribution in [0, 0.1) is 0 Å². The van der Waals surface area contributed by atoms with Crippen molar-refractivity contribution in [2.24, 2.45) is 5.10 Å². The van der Waals surface area contributed by atoms with E-state index in [1.165, 1.54) is 5.56 Å². The molecule has 0 aliphatic heterocycles. The number of benzene rings is 3. The van der Waals surface area contributed by atoms with Crippen LogP contribution in [0.4, 0.5) is 5.95 Å². The summed E-state index contributed by atoms with van der Waals surface area (Å²) < 4.78 is 0. The van der Waals surface area contributed by atoms with Crippen LogP contribution in [0.1, 0.15) is 30.9 Å². The minimum atomic E-state index is 0.439. The zero-order chi connectivity index (χ0) is 20.2. The van der Waals surface area contributed by atoms with Crippen LogP contribution in [0.25, 0.3) is 22.2 Å². The molecule has 1 N–H and O–H groups in total. The van der Waals surface area contributed by atoms with Gasteiger partial charge in [0.2, 0.25) is 5.95 Å². The number of nitrogens with one attached hydrogen (secondary N) is 1. The highest BCUT2D eigenvalue weighted by molar-refractivity contribution is 6.31. The molecule has 1 heterocycles. The van der Waals surface area contributed by atoms with Crippen LogP contribution in [0.5, 0.6) is 0 Å². The Labute approximate surface area is 175 Å². The van der Waals surface area contributed by atoms with Crippen LogP contribution in [0.3, 0.4) is 0 Å². The number of aromatic nitrogens is 2. The third-order valence-electron chi connectivity index (χ3n) is 4.69. The molecule has 4 aromatic rings. The number of hydrogen-bond acceptors (Lipinski definition) is 4. The van der Waals surface area contributed by atoms with Gasteiger partial charge in [-0.25, -0.2) is 15.4 Å². The average molecular weight is 401 g/mol. The number of hydrazone groups is 1. The maximum absolute atomic E-state index is 6.21. The van der Waals surface area contributed by atoms with Gasteiger partial charge in [0, 0.05) is 16.0 Å². The first-order chi connectivity index (χ1) is 14.1. The van der Waals surface area contributed by atoms with Gasteiger partial charge in [-0.1, -0.05) is 80.0 Å². The first-order valence-electron chi connectivity index (χ1n) is 9.52.